The van der Waals surface area contributed by atoms with Crippen molar-refractivity contribution in [3.05, 3.63) is 42.0 Å². The molecule has 0 aromatic heterocycles. The van der Waals surface area contributed by atoms with Crippen molar-refractivity contribution in [2.24, 2.45) is 11.8 Å². The van der Waals surface area contributed by atoms with Gasteiger partial charge in [-0.25, -0.2) is 0 Å². The van der Waals surface area contributed by atoms with E-state index in [-0.39, 0.29) is 23.8 Å². The second-order valence-electron chi connectivity index (χ2n) is 10.2. The van der Waals surface area contributed by atoms with Crippen LogP contribution in [0.5, 0.6) is 0 Å². The number of para-hydroxylation sites is 1. The number of nitrogens with one attached hydrogen (secondary N) is 2. The van der Waals surface area contributed by atoms with Crippen LogP contribution < -0.4 is 10.6 Å². The van der Waals surface area contributed by atoms with Gasteiger partial charge in [-0.2, -0.15) is 0 Å². The van der Waals surface area contributed by atoms with E-state index in [1.807, 2.05) is 64.1 Å². The molecule has 164 valence electrons. The number of nitrogens with zero attached hydrogens (tertiary/aromatic N) is 1. The molecule has 1 spiro atoms. The number of amides is 3. The first-order chi connectivity index (χ1) is 14.6. The van der Waals surface area contributed by atoms with Crippen molar-refractivity contribution in [1.82, 2.24) is 10.2 Å². The number of likely N-dealkylation sites (tertiary alicyclic amines) is 1. The molecule has 1 aromatic rings. The smallest absolute Gasteiger partial charge is 0.246 e. The van der Waals surface area contributed by atoms with Gasteiger partial charge in [-0.1, -0.05) is 30.4 Å². The molecule has 3 heterocycles. The van der Waals surface area contributed by atoms with E-state index >= 15 is 0 Å². The minimum Gasteiger partial charge on any atom is -0.359 e. The Bertz CT molecular complexity index is 993. The predicted octanol–water partition coefficient (Wildman–Crippen LogP) is 2.16. The Morgan fingerprint density at radius 3 is 2.52 bits per heavy atom. The third kappa shape index (κ3) is 3.09. The van der Waals surface area contributed by atoms with Gasteiger partial charge < -0.3 is 20.3 Å². The van der Waals surface area contributed by atoms with Crippen LogP contribution in [0.25, 0.3) is 0 Å². The van der Waals surface area contributed by atoms with E-state index in [4.69, 9.17) is 4.74 Å². The predicted molar refractivity (Wildman–Crippen MR) is 115 cm³/mol. The quantitative estimate of drug-likeness (QED) is 0.727. The van der Waals surface area contributed by atoms with Crippen molar-refractivity contribution in [3.8, 4) is 0 Å². The molecule has 3 aliphatic heterocycles. The topological polar surface area (TPSA) is 87.7 Å². The normalized spacial score (nSPS) is 33.5. The highest BCUT2D eigenvalue weighted by atomic mass is 16.5. The average molecular weight is 424 g/mol. The van der Waals surface area contributed by atoms with Gasteiger partial charge in [-0.3, -0.25) is 14.4 Å². The number of carbonyl (C=O) groups is 3. The minimum absolute atomic E-state index is 0.0410. The van der Waals surface area contributed by atoms with E-state index in [1.54, 1.807) is 4.90 Å². The molecule has 1 aliphatic carbocycles. The summed E-state index contributed by atoms with van der Waals surface area (Å²) in [6.45, 7) is 7.68. The van der Waals surface area contributed by atoms with Crippen molar-refractivity contribution in [1.29, 1.82) is 0 Å². The van der Waals surface area contributed by atoms with Crippen LogP contribution in [0.2, 0.25) is 0 Å². The fourth-order valence-corrected chi connectivity index (χ4v) is 5.32. The summed E-state index contributed by atoms with van der Waals surface area (Å²) in [6.07, 6.45) is 4.94. The Hall–Kier alpha value is -2.67. The number of carbonyl (C=O) groups excluding carboxylic acids is 3. The van der Waals surface area contributed by atoms with Gasteiger partial charge in [-0.05, 0) is 52.2 Å². The van der Waals surface area contributed by atoms with E-state index in [0.29, 0.717) is 0 Å². The molecule has 7 nitrogen and oxygen atoms in total. The van der Waals surface area contributed by atoms with Crippen molar-refractivity contribution in [3.63, 3.8) is 0 Å². The molecular formula is C24H29N3O4. The second kappa shape index (κ2) is 6.66. The summed E-state index contributed by atoms with van der Waals surface area (Å²) in [4.78, 5) is 42.0. The number of hydrogen-bond donors (Lipinski definition) is 2. The minimum atomic E-state index is -1.09. The third-order valence-electron chi connectivity index (χ3n) is 6.70. The lowest BCUT2D eigenvalue weighted by Gasteiger charge is -2.34. The van der Waals surface area contributed by atoms with Gasteiger partial charge in [0.15, 0.2) is 0 Å². The Balaban J connectivity index is 1.49. The van der Waals surface area contributed by atoms with Gasteiger partial charge in [0, 0.05) is 17.3 Å². The van der Waals surface area contributed by atoms with Gasteiger partial charge in [0.05, 0.1) is 17.9 Å². The van der Waals surface area contributed by atoms with Crippen molar-refractivity contribution in [2.75, 3.05) is 5.32 Å². The maximum absolute atomic E-state index is 13.6. The second-order valence-corrected chi connectivity index (χ2v) is 10.2. The summed E-state index contributed by atoms with van der Waals surface area (Å²) in [5.74, 6) is -1.96. The SMILES string of the molecule is Cc1ccccc1NC(=O)[C@@H]1[C@H]2C=C[C@]3(O2)[C@H](C(=O)NC(C)(C)C)N(C2CC2)C(=O)[C@@H]13. The fraction of sp³-hybridized carbons (Fsp3) is 0.542. The van der Waals surface area contributed by atoms with Crippen molar-refractivity contribution in [2.45, 2.75) is 69.9 Å². The number of rotatable bonds is 4. The van der Waals surface area contributed by atoms with Gasteiger partial charge in [0.2, 0.25) is 17.7 Å². The van der Waals surface area contributed by atoms with Crippen LogP contribution in [0, 0.1) is 18.8 Å². The monoisotopic (exact) mass is 423 g/mol. The highest BCUT2D eigenvalue weighted by Gasteiger charge is 2.74. The molecule has 3 fully saturated rings. The van der Waals surface area contributed by atoms with Crippen LogP contribution in [0.15, 0.2) is 36.4 Å². The largest absolute Gasteiger partial charge is 0.359 e. The molecule has 1 aromatic carbocycles. The number of aryl methyl sites for hydroxylation is 1. The molecular weight excluding hydrogens is 394 g/mol. The summed E-state index contributed by atoms with van der Waals surface area (Å²) in [7, 11) is 0. The molecule has 0 unspecified atom stereocenters. The lowest BCUT2D eigenvalue weighted by Crippen LogP contribution is -2.58. The number of fused-ring (bicyclic) bond motifs is 1. The Kier molecular flexibility index (Phi) is 4.35. The van der Waals surface area contributed by atoms with Gasteiger partial charge >= 0.3 is 0 Å². The Morgan fingerprint density at radius 2 is 1.87 bits per heavy atom. The summed E-state index contributed by atoms with van der Waals surface area (Å²) in [5.41, 5.74) is 0.143. The highest BCUT2D eigenvalue weighted by molar-refractivity contribution is 6.03. The van der Waals surface area contributed by atoms with E-state index in [0.717, 1.165) is 24.1 Å². The van der Waals surface area contributed by atoms with E-state index in [9.17, 15) is 14.4 Å². The molecule has 4 aliphatic rings. The lowest BCUT2D eigenvalue weighted by atomic mass is 9.74. The molecule has 2 bridgehead atoms. The molecule has 2 N–H and O–H groups in total. The first-order valence-electron chi connectivity index (χ1n) is 11.0. The van der Waals surface area contributed by atoms with Crippen molar-refractivity contribution < 1.29 is 19.1 Å². The molecule has 1 saturated carbocycles. The Morgan fingerprint density at radius 1 is 1.16 bits per heavy atom. The lowest BCUT2D eigenvalue weighted by molar-refractivity contribution is -0.142. The number of hydrogen-bond acceptors (Lipinski definition) is 4. The maximum Gasteiger partial charge on any atom is 0.246 e. The first kappa shape index (κ1) is 20.2. The average Bonchev–Trinajstić information content (AvgIpc) is 3.27. The molecule has 3 amide bonds. The number of ether oxygens (including phenoxy) is 1. The van der Waals surface area contributed by atoms with Crippen molar-refractivity contribution >= 4 is 23.4 Å². The standard InChI is InChI=1S/C24H29N3O4/c1-13-7-5-6-8-15(13)25-20(28)17-16-11-12-24(31-16)18(17)22(30)27(14-9-10-14)19(24)21(29)26-23(2,3)4/h5-8,11-12,14,16-19H,9-10H2,1-4H3,(H,25,28)(H,26,29)/t16-,17-,18-,19+,24-/m1/s1. The van der Waals surface area contributed by atoms with Crippen LogP contribution in [0.4, 0.5) is 5.69 Å². The van der Waals surface area contributed by atoms with Crippen LogP contribution >= 0.6 is 0 Å². The summed E-state index contributed by atoms with van der Waals surface area (Å²) < 4.78 is 6.32. The van der Waals surface area contributed by atoms with Crippen LogP contribution in [-0.2, 0) is 19.1 Å². The van der Waals surface area contributed by atoms with Gasteiger partial charge in [-0.15, -0.1) is 0 Å². The molecule has 7 heteroatoms. The van der Waals surface area contributed by atoms with E-state index < -0.39 is 35.1 Å². The fourth-order valence-electron chi connectivity index (χ4n) is 5.32. The van der Waals surface area contributed by atoms with Crippen LogP contribution in [0.3, 0.4) is 0 Å². The van der Waals surface area contributed by atoms with Gasteiger partial charge in [0.1, 0.15) is 11.6 Å². The first-order valence-corrected chi connectivity index (χ1v) is 11.0. The number of benzene rings is 1. The van der Waals surface area contributed by atoms with Gasteiger partial charge in [0.25, 0.3) is 0 Å². The summed E-state index contributed by atoms with van der Waals surface area (Å²) in [5, 5.41) is 6.01. The molecule has 31 heavy (non-hydrogen) atoms. The summed E-state index contributed by atoms with van der Waals surface area (Å²) in [6, 6.07) is 6.84. The molecule has 5 rings (SSSR count). The third-order valence-corrected chi connectivity index (χ3v) is 6.70. The zero-order chi connectivity index (χ0) is 22.1. The van der Waals surface area contributed by atoms with Crippen LogP contribution in [0.1, 0.15) is 39.2 Å². The highest BCUT2D eigenvalue weighted by Crippen LogP contribution is 2.57. The molecule has 2 saturated heterocycles. The maximum atomic E-state index is 13.6. The summed E-state index contributed by atoms with van der Waals surface area (Å²) >= 11 is 0. The number of anilines is 1. The molecule has 0 radical (unpaired) electrons. The zero-order valence-corrected chi connectivity index (χ0v) is 18.3. The van der Waals surface area contributed by atoms with E-state index in [2.05, 4.69) is 10.6 Å². The Labute approximate surface area is 182 Å². The van der Waals surface area contributed by atoms with Crippen LogP contribution in [-0.4, -0.2) is 51.9 Å². The van der Waals surface area contributed by atoms with E-state index in [1.165, 1.54) is 0 Å². The zero-order valence-electron chi connectivity index (χ0n) is 18.3. The molecule has 5 atom stereocenters.